The largest absolute Gasteiger partial charge is 1.00 e. The highest BCUT2D eigenvalue weighted by Crippen LogP contribution is 2.25. The standard InChI is InChI=1S/C13H16N3S.HI/c1-9-6-5-7-12(11(9)3)14-15-13-8-10(2)16(4)17-13;/h5-8H,1-4H3;1H/q+1;/p-1. The number of nitrogens with zero attached hydrogens (tertiary/aromatic N) is 3. The van der Waals surface area contributed by atoms with Crippen molar-refractivity contribution in [2.75, 3.05) is 0 Å². The van der Waals surface area contributed by atoms with Crippen molar-refractivity contribution >= 4 is 22.2 Å². The second-order valence-electron chi connectivity index (χ2n) is 4.13. The summed E-state index contributed by atoms with van der Waals surface area (Å²) in [5, 5.41) is 9.53. The van der Waals surface area contributed by atoms with Crippen LogP contribution in [0.5, 0.6) is 0 Å². The average molecular weight is 373 g/mol. The van der Waals surface area contributed by atoms with Crippen LogP contribution in [0.3, 0.4) is 0 Å². The molecule has 0 atom stereocenters. The molecular weight excluding hydrogens is 357 g/mol. The van der Waals surface area contributed by atoms with Crippen LogP contribution in [0.2, 0.25) is 0 Å². The van der Waals surface area contributed by atoms with E-state index in [2.05, 4.69) is 41.0 Å². The second-order valence-corrected chi connectivity index (χ2v) is 5.28. The number of halogens is 1. The van der Waals surface area contributed by atoms with Crippen LogP contribution in [0.25, 0.3) is 0 Å². The fourth-order valence-corrected chi connectivity index (χ4v) is 2.28. The van der Waals surface area contributed by atoms with E-state index in [0.717, 1.165) is 10.7 Å². The third-order valence-electron chi connectivity index (χ3n) is 2.89. The van der Waals surface area contributed by atoms with Crippen molar-refractivity contribution in [1.29, 1.82) is 0 Å². The molecule has 96 valence electrons. The first-order valence-electron chi connectivity index (χ1n) is 5.53. The van der Waals surface area contributed by atoms with E-state index in [4.69, 9.17) is 0 Å². The lowest BCUT2D eigenvalue weighted by molar-refractivity contribution is -0.607. The van der Waals surface area contributed by atoms with Crippen molar-refractivity contribution in [3.63, 3.8) is 0 Å². The highest BCUT2D eigenvalue weighted by Gasteiger charge is 2.08. The van der Waals surface area contributed by atoms with Crippen LogP contribution in [0.1, 0.15) is 16.8 Å². The van der Waals surface area contributed by atoms with E-state index < -0.39 is 0 Å². The van der Waals surface area contributed by atoms with Crippen molar-refractivity contribution in [2.45, 2.75) is 20.8 Å². The first-order chi connectivity index (χ1) is 8.08. The molecule has 0 saturated carbocycles. The summed E-state index contributed by atoms with van der Waals surface area (Å²) in [6, 6.07) is 8.13. The van der Waals surface area contributed by atoms with Gasteiger partial charge in [0.2, 0.25) is 5.00 Å². The Balaban J connectivity index is 0.00000162. The van der Waals surface area contributed by atoms with Crippen molar-refractivity contribution in [2.24, 2.45) is 17.3 Å². The summed E-state index contributed by atoms with van der Waals surface area (Å²) in [5.41, 5.74) is 4.58. The first kappa shape index (κ1) is 15.2. The van der Waals surface area contributed by atoms with Gasteiger partial charge in [-0.2, -0.15) is 0 Å². The third-order valence-corrected chi connectivity index (χ3v) is 3.84. The molecule has 1 aromatic carbocycles. The maximum atomic E-state index is 4.31. The van der Waals surface area contributed by atoms with Crippen LogP contribution in [-0.4, -0.2) is 0 Å². The fraction of sp³-hybridized carbons (Fsp3) is 0.308. The molecule has 0 aliphatic carbocycles. The van der Waals surface area contributed by atoms with E-state index in [9.17, 15) is 0 Å². The molecule has 1 aromatic heterocycles. The molecule has 0 amide bonds. The van der Waals surface area contributed by atoms with E-state index in [1.807, 2.05) is 25.2 Å². The molecule has 5 heteroatoms. The second kappa shape index (κ2) is 6.38. The Kier molecular flexibility index (Phi) is 5.40. The number of hydrogen-bond donors (Lipinski definition) is 0. The van der Waals surface area contributed by atoms with Crippen molar-refractivity contribution in [3.05, 3.63) is 41.1 Å². The summed E-state index contributed by atoms with van der Waals surface area (Å²) in [6.07, 6.45) is 0. The molecule has 2 aromatic rings. The van der Waals surface area contributed by atoms with Gasteiger partial charge in [-0.25, -0.2) is 0 Å². The number of azo groups is 1. The molecule has 0 aliphatic rings. The van der Waals surface area contributed by atoms with Gasteiger partial charge >= 0.3 is 0 Å². The molecule has 0 radical (unpaired) electrons. The Bertz CT molecular complexity index is 556. The minimum absolute atomic E-state index is 0. The Morgan fingerprint density at radius 1 is 1.11 bits per heavy atom. The number of aryl methyl sites for hydroxylation is 3. The molecule has 0 N–H and O–H groups in total. The lowest BCUT2D eigenvalue weighted by Crippen LogP contribution is -3.00. The SMILES string of the molecule is Cc1cccc(N=Nc2cc(C)[n+](C)s2)c1C.[I-]. The zero-order chi connectivity index (χ0) is 12.4. The fourth-order valence-electron chi connectivity index (χ4n) is 1.50. The Morgan fingerprint density at radius 2 is 1.83 bits per heavy atom. The maximum absolute atomic E-state index is 4.31. The molecule has 0 unspecified atom stereocenters. The molecule has 0 fully saturated rings. The topological polar surface area (TPSA) is 28.6 Å². The highest BCUT2D eigenvalue weighted by atomic mass is 127. The minimum Gasteiger partial charge on any atom is -1.00 e. The van der Waals surface area contributed by atoms with Crippen molar-refractivity contribution < 1.29 is 27.9 Å². The summed E-state index contributed by atoms with van der Waals surface area (Å²) in [5.74, 6) is 0. The quantitative estimate of drug-likeness (QED) is 0.426. The molecule has 3 nitrogen and oxygen atoms in total. The van der Waals surface area contributed by atoms with Gasteiger partial charge in [-0.05, 0) is 31.0 Å². The number of aromatic nitrogens is 1. The summed E-state index contributed by atoms with van der Waals surface area (Å²) < 4.78 is 2.08. The van der Waals surface area contributed by atoms with E-state index in [1.165, 1.54) is 16.8 Å². The monoisotopic (exact) mass is 373 g/mol. The molecule has 0 bridgehead atoms. The first-order valence-corrected chi connectivity index (χ1v) is 6.30. The van der Waals surface area contributed by atoms with Crippen LogP contribution in [0.4, 0.5) is 10.7 Å². The Labute approximate surface area is 129 Å². The molecule has 1 heterocycles. The van der Waals surface area contributed by atoms with E-state index in [1.54, 1.807) is 11.5 Å². The summed E-state index contributed by atoms with van der Waals surface area (Å²) in [6.45, 7) is 6.22. The molecule has 2 rings (SSSR count). The summed E-state index contributed by atoms with van der Waals surface area (Å²) in [7, 11) is 2.02. The minimum atomic E-state index is 0. The van der Waals surface area contributed by atoms with Gasteiger partial charge < -0.3 is 24.0 Å². The van der Waals surface area contributed by atoms with E-state index >= 15 is 0 Å². The van der Waals surface area contributed by atoms with Gasteiger partial charge in [-0.1, -0.05) is 12.1 Å². The highest BCUT2D eigenvalue weighted by molar-refractivity contribution is 7.05. The zero-order valence-corrected chi connectivity index (χ0v) is 13.9. The van der Waals surface area contributed by atoms with Gasteiger partial charge in [0.25, 0.3) is 0 Å². The average Bonchev–Trinajstić information content (AvgIpc) is 2.61. The number of benzene rings is 1. The van der Waals surface area contributed by atoms with Gasteiger partial charge in [-0.3, -0.25) is 0 Å². The predicted octanol–water partition coefficient (Wildman–Crippen LogP) is 0.917. The predicted molar refractivity (Wildman–Crippen MR) is 70.3 cm³/mol. The van der Waals surface area contributed by atoms with Gasteiger partial charge in [-0.15, -0.1) is 14.2 Å². The van der Waals surface area contributed by atoms with Crippen molar-refractivity contribution in [3.8, 4) is 0 Å². The molecular formula is C13H16IN3S. The Hall–Kier alpha value is -0.820. The number of hydrogen-bond acceptors (Lipinski definition) is 3. The van der Waals surface area contributed by atoms with Gasteiger partial charge in [0, 0.05) is 13.0 Å². The molecule has 18 heavy (non-hydrogen) atoms. The van der Waals surface area contributed by atoms with Crippen LogP contribution >= 0.6 is 11.5 Å². The molecule has 0 spiro atoms. The summed E-state index contributed by atoms with van der Waals surface area (Å²) >= 11 is 1.60. The normalized spacial score (nSPS) is 10.7. The van der Waals surface area contributed by atoms with E-state index in [0.29, 0.717) is 0 Å². The van der Waals surface area contributed by atoms with Crippen molar-refractivity contribution in [1.82, 2.24) is 0 Å². The lowest BCUT2D eigenvalue weighted by Gasteiger charge is -2.00. The Morgan fingerprint density at radius 3 is 2.44 bits per heavy atom. The van der Waals surface area contributed by atoms with E-state index in [-0.39, 0.29) is 24.0 Å². The number of rotatable bonds is 2. The molecule has 0 aliphatic heterocycles. The van der Waals surface area contributed by atoms with Crippen LogP contribution < -0.4 is 27.9 Å². The zero-order valence-electron chi connectivity index (χ0n) is 10.9. The summed E-state index contributed by atoms with van der Waals surface area (Å²) in [4.78, 5) is 0. The van der Waals surface area contributed by atoms with Gasteiger partial charge in [0.15, 0.2) is 24.3 Å². The lowest BCUT2D eigenvalue weighted by atomic mass is 10.1. The smallest absolute Gasteiger partial charge is 0.208 e. The van der Waals surface area contributed by atoms with Crippen LogP contribution in [-0.2, 0) is 7.05 Å². The molecule has 0 saturated heterocycles. The van der Waals surface area contributed by atoms with Gasteiger partial charge in [0.05, 0.1) is 5.69 Å². The van der Waals surface area contributed by atoms with Crippen LogP contribution in [0.15, 0.2) is 34.5 Å². The van der Waals surface area contributed by atoms with Gasteiger partial charge in [0.1, 0.15) is 0 Å². The van der Waals surface area contributed by atoms with Crippen LogP contribution in [0, 0.1) is 20.8 Å². The maximum Gasteiger partial charge on any atom is 0.208 e. The third kappa shape index (κ3) is 3.35.